The van der Waals surface area contributed by atoms with E-state index in [-0.39, 0.29) is 18.3 Å². The summed E-state index contributed by atoms with van der Waals surface area (Å²) in [5, 5.41) is 3.10. The van der Waals surface area contributed by atoms with Gasteiger partial charge in [-0.3, -0.25) is 19.4 Å². The predicted octanol–water partition coefficient (Wildman–Crippen LogP) is 2.98. The van der Waals surface area contributed by atoms with Gasteiger partial charge in [0, 0.05) is 6.20 Å². The van der Waals surface area contributed by atoms with Gasteiger partial charge in [-0.05, 0) is 60.4 Å². The van der Waals surface area contributed by atoms with Crippen molar-refractivity contribution in [3.8, 4) is 0 Å². The third-order valence-corrected chi connectivity index (χ3v) is 5.36. The van der Waals surface area contributed by atoms with Gasteiger partial charge >= 0.3 is 11.5 Å². The van der Waals surface area contributed by atoms with Crippen LogP contribution in [0.1, 0.15) is 68.9 Å². The lowest BCUT2D eigenvalue weighted by molar-refractivity contribution is -0.156. The first kappa shape index (κ1) is 26.5. The minimum absolute atomic E-state index is 0.0907. The molecule has 1 amide bonds. The molecule has 1 N–H and O–H groups in total. The van der Waals surface area contributed by atoms with Gasteiger partial charge in [-0.15, -0.1) is 0 Å². The third kappa shape index (κ3) is 5.91. The van der Waals surface area contributed by atoms with Crippen molar-refractivity contribution >= 4 is 24.4 Å². The Balaban J connectivity index is 2.06. The Morgan fingerprint density at radius 2 is 1.92 bits per heavy atom. The number of rotatable bonds is 8. The minimum Gasteiger partial charge on any atom is -0.460 e. The molecule has 2 unspecified atom stereocenters. The summed E-state index contributed by atoms with van der Waals surface area (Å²) < 4.78 is 8.21. The maximum Gasteiger partial charge on any atom is 0.312 e. The first-order valence-corrected chi connectivity index (χ1v) is 11.5. The van der Waals surface area contributed by atoms with Crippen molar-refractivity contribution in [1.82, 2.24) is 24.3 Å². The molecule has 0 saturated carbocycles. The summed E-state index contributed by atoms with van der Waals surface area (Å²) >= 11 is 0. The van der Waals surface area contributed by atoms with E-state index in [0.717, 1.165) is 5.69 Å². The Morgan fingerprint density at radius 3 is 2.53 bits per heavy atom. The van der Waals surface area contributed by atoms with Crippen LogP contribution in [0.4, 0.5) is 5.82 Å². The molecular weight excluding hydrogens is 462 g/mol. The van der Waals surface area contributed by atoms with E-state index in [4.69, 9.17) is 4.74 Å². The average Bonchev–Trinajstić information content (AvgIpc) is 3.18. The first-order valence-electron chi connectivity index (χ1n) is 11.5. The molecule has 0 spiro atoms. The summed E-state index contributed by atoms with van der Waals surface area (Å²) in [6.45, 7) is 13.8. The fourth-order valence-electron chi connectivity index (χ4n) is 3.77. The van der Waals surface area contributed by atoms with E-state index in [1.54, 1.807) is 40.8 Å². The lowest BCUT2D eigenvalue weighted by Crippen LogP contribution is -2.34. The number of aliphatic imine (C=N–C) groups is 1. The summed E-state index contributed by atoms with van der Waals surface area (Å²) in [5.74, 6) is -2.18. The summed E-state index contributed by atoms with van der Waals surface area (Å²) in [4.78, 5) is 55.4. The van der Waals surface area contributed by atoms with Gasteiger partial charge in [-0.25, -0.2) is 24.3 Å². The van der Waals surface area contributed by atoms with Crippen molar-refractivity contribution in [3.05, 3.63) is 70.0 Å². The third-order valence-electron chi connectivity index (χ3n) is 5.36. The molecule has 0 fully saturated rings. The Kier molecular flexibility index (Phi) is 7.81. The number of hydrogen-bond donors (Lipinski definition) is 1. The number of nitrogens with one attached hydrogen (secondary N) is 1. The highest BCUT2D eigenvalue weighted by molar-refractivity contribution is 5.90. The number of aryl methyl sites for hydroxylation is 2. The van der Waals surface area contributed by atoms with E-state index in [1.165, 1.54) is 21.9 Å². The molecule has 0 saturated heterocycles. The standard InChI is InChI=1S/C25H31N7O4/c1-15-13-28-22(30-16(2)19-10-8-9-11-27-19)24(35)32(15)31-14-29-17(3)21(31)18(23(34)26-7)12-20(33)36-25(4,5)6/h8-11,13-14,16,18H,7,12H2,1-6H3,(H,28,30). The van der Waals surface area contributed by atoms with E-state index >= 15 is 0 Å². The number of ether oxygens (including phenoxy) is 1. The first-order chi connectivity index (χ1) is 16.9. The molecular formula is C25H31N7O4. The Morgan fingerprint density at radius 1 is 1.19 bits per heavy atom. The number of carbonyl (C=O) groups excluding carboxylic acids is 2. The van der Waals surface area contributed by atoms with Crippen molar-refractivity contribution in [3.63, 3.8) is 0 Å². The number of carbonyl (C=O) groups is 2. The molecule has 2 atom stereocenters. The highest BCUT2D eigenvalue weighted by atomic mass is 16.6. The van der Waals surface area contributed by atoms with Crippen molar-refractivity contribution in [2.75, 3.05) is 5.32 Å². The van der Waals surface area contributed by atoms with Gasteiger partial charge in [0.2, 0.25) is 0 Å². The van der Waals surface area contributed by atoms with Crippen molar-refractivity contribution in [1.29, 1.82) is 0 Å². The molecule has 0 radical (unpaired) electrons. The van der Waals surface area contributed by atoms with Gasteiger partial charge < -0.3 is 10.1 Å². The zero-order valence-electron chi connectivity index (χ0n) is 21.3. The summed E-state index contributed by atoms with van der Waals surface area (Å²) in [6.07, 6.45) is 4.33. The smallest absolute Gasteiger partial charge is 0.312 e. The molecule has 0 aromatic carbocycles. The molecule has 3 heterocycles. The summed E-state index contributed by atoms with van der Waals surface area (Å²) in [7, 11) is 0. The Labute approximate surface area is 209 Å². The van der Waals surface area contributed by atoms with Crippen LogP contribution in [0.2, 0.25) is 0 Å². The summed E-state index contributed by atoms with van der Waals surface area (Å²) in [5.41, 5.74) is 0.824. The highest BCUT2D eigenvalue weighted by Gasteiger charge is 2.32. The summed E-state index contributed by atoms with van der Waals surface area (Å²) in [6, 6.07) is 5.22. The second-order valence-electron chi connectivity index (χ2n) is 9.39. The number of imidazole rings is 1. The van der Waals surface area contributed by atoms with E-state index < -0.39 is 29.0 Å². The topological polar surface area (TPSA) is 133 Å². The second-order valence-corrected chi connectivity index (χ2v) is 9.39. The Bertz CT molecular complexity index is 1320. The second kappa shape index (κ2) is 10.6. The molecule has 0 aliphatic carbocycles. The van der Waals surface area contributed by atoms with Gasteiger partial charge in [-0.1, -0.05) is 6.07 Å². The fraction of sp³-hybridized carbons (Fsp3) is 0.400. The predicted molar refractivity (Wildman–Crippen MR) is 135 cm³/mol. The van der Waals surface area contributed by atoms with Gasteiger partial charge in [0.25, 0.3) is 5.91 Å². The minimum atomic E-state index is -1.05. The van der Waals surface area contributed by atoms with Crippen LogP contribution in [0.15, 0.2) is 46.7 Å². The Hall–Kier alpha value is -4.15. The average molecular weight is 494 g/mol. The largest absolute Gasteiger partial charge is 0.460 e. The maximum absolute atomic E-state index is 13.5. The van der Waals surface area contributed by atoms with Crippen LogP contribution < -0.4 is 10.9 Å². The van der Waals surface area contributed by atoms with Gasteiger partial charge in [0.1, 0.15) is 11.9 Å². The van der Waals surface area contributed by atoms with Crippen LogP contribution in [-0.4, -0.2) is 48.5 Å². The van der Waals surface area contributed by atoms with Crippen LogP contribution in [0.3, 0.4) is 0 Å². The van der Waals surface area contributed by atoms with Crippen LogP contribution in [-0.2, 0) is 14.3 Å². The molecule has 0 aliphatic rings. The van der Waals surface area contributed by atoms with Crippen molar-refractivity contribution in [2.24, 2.45) is 4.99 Å². The molecule has 11 nitrogen and oxygen atoms in total. The van der Waals surface area contributed by atoms with E-state index in [0.29, 0.717) is 17.1 Å². The van der Waals surface area contributed by atoms with Crippen LogP contribution in [0.25, 0.3) is 0 Å². The molecule has 36 heavy (non-hydrogen) atoms. The van der Waals surface area contributed by atoms with E-state index in [9.17, 15) is 14.4 Å². The highest BCUT2D eigenvalue weighted by Crippen LogP contribution is 2.26. The number of amides is 1. The maximum atomic E-state index is 13.5. The quantitative estimate of drug-likeness (QED) is 0.374. The van der Waals surface area contributed by atoms with E-state index in [1.807, 2.05) is 25.1 Å². The molecule has 3 aromatic rings. The SMILES string of the molecule is C=NC(=O)C(CC(=O)OC(C)(C)C)c1c(C)ncn1-n1c(C)cnc(NC(C)c2ccccn2)c1=O. The number of anilines is 1. The number of hydrogen-bond acceptors (Lipinski definition) is 8. The molecule has 190 valence electrons. The molecule has 11 heteroatoms. The van der Waals surface area contributed by atoms with Gasteiger partial charge in [0.15, 0.2) is 5.82 Å². The fourth-order valence-corrected chi connectivity index (χ4v) is 3.77. The monoisotopic (exact) mass is 493 g/mol. The number of pyridine rings is 1. The molecule has 3 aromatic heterocycles. The number of nitrogens with zero attached hydrogens (tertiary/aromatic N) is 6. The zero-order valence-corrected chi connectivity index (χ0v) is 21.3. The van der Waals surface area contributed by atoms with Crippen LogP contribution >= 0.6 is 0 Å². The molecule has 0 bridgehead atoms. The lowest BCUT2D eigenvalue weighted by Gasteiger charge is -2.23. The van der Waals surface area contributed by atoms with Crippen molar-refractivity contribution < 1.29 is 14.3 Å². The molecule has 3 rings (SSSR count). The lowest BCUT2D eigenvalue weighted by atomic mass is 9.98. The normalized spacial score (nSPS) is 13.1. The van der Waals surface area contributed by atoms with Crippen LogP contribution in [0, 0.1) is 13.8 Å². The molecule has 0 aliphatic heterocycles. The van der Waals surface area contributed by atoms with Gasteiger partial charge in [-0.2, -0.15) is 0 Å². The zero-order chi connectivity index (χ0) is 26.6. The number of esters is 1. The van der Waals surface area contributed by atoms with Crippen LogP contribution in [0.5, 0.6) is 0 Å². The number of aromatic nitrogens is 5. The van der Waals surface area contributed by atoms with Crippen molar-refractivity contribution in [2.45, 2.75) is 65.5 Å². The van der Waals surface area contributed by atoms with Gasteiger partial charge in [0.05, 0.1) is 47.4 Å². The van der Waals surface area contributed by atoms with E-state index in [2.05, 4.69) is 32.0 Å².